The molecule has 2 heterocycles. The number of nitrogens with zero attached hydrogens (tertiary/aromatic N) is 1. The second kappa shape index (κ2) is 3.61. The van der Waals surface area contributed by atoms with E-state index in [4.69, 9.17) is 15.2 Å². The molecule has 0 aromatic carbocycles. The molecule has 2 rings (SSSR count). The van der Waals surface area contributed by atoms with Crippen LogP contribution in [0.1, 0.15) is 5.69 Å². The van der Waals surface area contributed by atoms with E-state index in [-0.39, 0.29) is 12.4 Å². The van der Waals surface area contributed by atoms with E-state index in [9.17, 15) is 4.39 Å². The van der Waals surface area contributed by atoms with E-state index in [1.54, 1.807) is 0 Å². The van der Waals surface area contributed by atoms with Crippen LogP contribution in [0.25, 0.3) is 0 Å². The van der Waals surface area contributed by atoms with E-state index in [2.05, 4.69) is 4.98 Å². The van der Waals surface area contributed by atoms with Gasteiger partial charge in [0.15, 0.2) is 0 Å². The van der Waals surface area contributed by atoms with Crippen molar-refractivity contribution in [1.29, 1.82) is 0 Å². The van der Waals surface area contributed by atoms with Crippen LogP contribution >= 0.6 is 0 Å². The minimum Gasteiger partial charge on any atom is -0.341 e. The molecule has 0 bridgehead atoms. The number of ether oxygens (including phenoxy) is 2. The first-order valence-corrected chi connectivity index (χ1v) is 4.37. The molecule has 1 saturated heterocycles. The largest absolute Gasteiger partial charge is 0.341 e. The molecule has 5 heteroatoms. The number of hydrogen-bond acceptors (Lipinski definition) is 4. The first kappa shape index (κ1) is 9.51. The van der Waals surface area contributed by atoms with Crippen molar-refractivity contribution in [2.45, 2.75) is 5.79 Å². The third-order valence-corrected chi connectivity index (χ3v) is 2.14. The SMILES string of the molecule is NCC1(c2ccc(F)cn2)OCCO1. The van der Waals surface area contributed by atoms with Crippen LogP contribution in [0.3, 0.4) is 0 Å². The monoisotopic (exact) mass is 198 g/mol. The molecule has 1 aliphatic heterocycles. The highest BCUT2D eigenvalue weighted by Crippen LogP contribution is 2.28. The lowest BCUT2D eigenvalue weighted by molar-refractivity contribution is -0.160. The Bertz CT molecular complexity index is 309. The summed E-state index contributed by atoms with van der Waals surface area (Å²) in [6.45, 7) is 1.14. The maximum atomic E-state index is 12.6. The molecule has 14 heavy (non-hydrogen) atoms. The third-order valence-electron chi connectivity index (χ3n) is 2.14. The van der Waals surface area contributed by atoms with E-state index >= 15 is 0 Å². The average Bonchev–Trinajstić information content (AvgIpc) is 2.68. The van der Waals surface area contributed by atoms with Crippen LogP contribution in [0.2, 0.25) is 0 Å². The second-order valence-electron chi connectivity index (χ2n) is 3.02. The first-order valence-electron chi connectivity index (χ1n) is 4.37. The molecule has 1 aromatic heterocycles. The van der Waals surface area contributed by atoms with Crippen LogP contribution in [0.15, 0.2) is 18.3 Å². The lowest BCUT2D eigenvalue weighted by Gasteiger charge is -2.24. The molecule has 4 nitrogen and oxygen atoms in total. The molecular weight excluding hydrogens is 187 g/mol. The molecule has 0 aliphatic carbocycles. The Labute approximate surface area is 80.8 Å². The molecule has 0 amide bonds. The van der Waals surface area contributed by atoms with E-state index in [1.165, 1.54) is 12.1 Å². The first-order chi connectivity index (χ1) is 6.77. The Morgan fingerprint density at radius 1 is 1.43 bits per heavy atom. The van der Waals surface area contributed by atoms with Crippen molar-refractivity contribution in [3.05, 3.63) is 29.8 Å². The molecule has 76 valence electrons. The predicted octanol–water partition coefficient (Wildman–Crippen LogP) is 0.379. The Morgan fingerprint density at radius 3 is 2.64 bits per heavy atom. The van der Waals surface area contributed by atoms with Crippen LogP contribution in [0.4, 0.5) is 4.39 Å². The second-order valence-corrected chi connectivity index (χ2v) is 3.02. The summed E-state index contributed by atoms with van der Waals surface area (Å²) in [5, 5.41) is 0. The van der Waals surface area contributed by atoms with E-state index in [0.717, 1.165) is 6.20 Å². The van der Waals surface area contributed by atoms with E-state index in [0.29, 0.717) is 18.9 Å². The fourth-order valence-corrected chi connectivity index (χ4v) is 1.43. The van der Waals surface area contributed by atoms with Crippen molar-refractivity contribution in [3.63, 3.8) is 0 Å². The van der Waals surface area contributed by atoms with Gasteiger partial charge in [0.1, 0.15) is 11.5 Å². The van der Waals surface area contributed by atoms with Gasteiger partial charge in [-0.3, -0.25) is 4.98 Å². The van der Waals surface area contributed by atoms with Crippen LogP contribution in [0.5, 0.6) is 0 Å². The molecule has 1 aliphatic rings. The number of halogens is 1. The minimum absolute atomic E-state index is 0.172. The van der Waals surface area contributed by atoms with E-state index < -0.39 is 5.79 Å². The van der Waals surface area contributed by atoms with Gasteiger partial charge in [-0.2, -0.15) is 0 Å². The summed E-state index contributed by atoms with van der Waals surface area (Å²) in [7, 11) is 0. The Morgan fingerprint density at radius 2 is 2.14 bits per heavy atom. The quantitative estimate of drug-likeness (QED) is 0.746. The Hall–Kier alpha value is -1.04. The maximum Gasteiger partial charge on any atom is 0.225 e. The third kappa shape index (κ3) is 1.50. The van der Waals surface area contributed by atoms with Crippen LogP contribution in [-0.4, -0.2) is 24.7 Å². The highest BCUT2D eigenvalue weighted by Gasteiger charge is 2.38. The smallest absolute Gasteiger partial charge is 0.225 e. The predicted molar refractivity (Wildman–Crippen MR) is 46.8 cm³/mol. The van der Waals surface area contributed by atoms with Crippen molar-refractivity contribution >= 4 is 0 Å². The van der Waals surface area contributed by atoms with Gasteiger partial charge in [-0.15, -0.1) is 0 Å². The van der Waals surface area contributed by atoms with Crippen molar-refractivity contribution in [1.82, 2.24) is 4.98 Å². The number of hydrogen-bond donors (Lipinski definition) is 1. The standard InChI is InChI=1S/C9H11FN2O2/c10-7-1-2-8(12-5-7)9(6-11)13-3-4-14-9/h1-2,5H,3-4,6,11H2. The lowest BCUT2D eigenvalue weighted by atomic mass is 10.2. The van der Waals surface area contributed by atoms with Crippen molar-refractivity contribution in [2.24, 2.45) is 5.73 Å². The highest BCUT2D eigenvalue weighted by molar-refractivity contribution is 5.12. The molecule has 2 N–H and O–H groups in total. The lowest BCUT2D eigenvalue weighted by Crippen LogP contribution is -2.36. The highest BCUT2D eigenvalue weighted by atomic mass is 19.1. The summed E-state index contributed by atoms with van der Waals surface area (Å²) in [6, 6.07) is 2.83. The summed E-state index contributed by atoms with van der Waals surface area (Å²) < 4.78 is 23.4. The van der Waals surface area contributed by atoms with E-state index in [1.807, 2.05) is 0 Å². The van der Waals surface area contributed by atoms with Crippen LogP contribution in [0, 0.1) is 5.82 Å². The number of aromatic nitrogens is 1. The van der Waals surface area contributed by atoms with Gasteiger partial charge >= 0.3 is 0 Å². The molecule has 0 unspecified atom stereocenters. The molecular formula is C9H11FN2O2. The van der Waals surface area contributed by atoms with Crippen molar-refractivity contribution < 1.29 is 13.9 Å². The zero-order valence-corrected chi connectivity index (χ0v) is 7.57. The van der Waals surface area contributed by atoms with Gasteiger partial charge in [0.2, 0.25) is 5.79 Å². The fraction of sp³-hybridized carbons (Fsp3) is 0.444. The number of rotatable bonds is 2. The fourth-order valence-electron chi connectivity index (χ4n) is 1.43. The zero-order chi connectivity index (χ0) is 10.0. The molecule has 0 saturated carbocycles. The van der Waals surface area contributed by atoms with Gasteiger partial charge in [-0.05, 0) is 12.1 Å². The normalized spacial score (nSPS) is 19.9. The van der Waals surface area contributed by atoms with Gasteiger partial charge in [0.05, 0.1) is 26.0 Å². The number of pyridine rings is 1. The Kier molecular flexibility index (Phi) is 2.45. The summed E-state index contributed by atoms with van der Waals surface area (Å²) in [5.41, 5.74) is 6.07. The van der Waals surface area contributed by atoms with Gasteiger partial charge in [-0.25, -0.2) is 4.39 Å². The molecule has 0 spiro atoms. The summed E-state index contributed by atoms with van der Waals surface area (Å²) in [5.74, 6) is -1.37. The molecule has 1 aromatic rings. The molecule has 0 radical (unpaired) electrons. The summed E-state index contributed by atoms with van der Waals surface area (Å²) in [4.78, 5) is 3.90. The zero-order valence-electron chi connectivity index (χ0n) is 7.57. The van der Waals surface area contributed by atoms with Crippen molar-refractivity contribution in [3.8, 4) is 0 Å². The van der Waals surface area contributed by atoms with Gasteiger partial charge in [0, 0.05) is 0 Å². The topological polar surface area (TPSA) is 57.4 Å². The molecule has 1 fully saturated rings. The minimum atomic E-state index is -0.978. The summed E-state index contributed by atoms with van der Waals surface area (Å²) in [6.07, 6.45) is 1.12. The van der Waals surface area contributed by atoms with Crippen molar-refractivity contribution in [2.75, 3.05) is 19.8 Å². The van der Waals surface area contributed by atoms with Crippen LogP contribution in [-0.2, 0) is 15.3 Å². The molecule has 0 atom stereocenters. The number of nitrogens with two attached hydrogens (primary N) is 1. The van der Waals surface area contributed by atoms with Gasteiger partial charge in [-0.1, -0.05) is 0 Å². The van der Waals surface area contributed by atoms with Gasteiger partial charge < -0.3 is 15.2 Å². The van der Waals surface area contributed by atoms with Crippen LogP contribution < -0.4 is 5.73 Å². The maximum absolute atomic E-state index is 12.6. The Balaban J connectivity index is 2.31. The average molecular weight is 198 g/mol. The van der Waals surface area contributed by atoms with Gasteiger partial charge in [0.25, 0.3) is 0 Å². The summed E-state index contributed by atoms with van der Waals surface area (Å²) >= 11 is 0.